The van der Waals surface area contributed by atoms with E-state index in [0.717, 1.165) is 42.1 Å². The Morgan fingerprint density at radius 2 is 2.21 bits per heavy atom. The number of ether oxygens (including phenoxy) is 1. The summed E-state index contributed by atoms with van der Waals surface area (Å²) in [6.45, 7) is 8.12. The maximum atomic E-state index is 9.60. The summed E-state index contributed by atoms with van der Waals surface area (Å²) >= 11 is 0. The van der Waals surface area contributed by atoms with Crippen molar-refractivity contribution >= 4 is 5.82 Å². The third-order valence-corrected chi connectivity index (χ3v) is 4.10. The van der Waals surface area contributed by atoms with E-state index in [4.69, 9.17) is 4.74 Å². The number of pyridine rings is 1. The molecule has 19 heavy (non-hydrogen) atoms. The van der Waals surface area contributed by atoms with Gasteiger partial charge in [0.25, 0.3) is 0 Å². The van der Waals surface area contributed by atoms with Gasteiger partial charge in [-0.1, -0.05) is 6.92 Å². The fraction of sp³-hybridized carbons (Fsp3) is 0.667. The summed E-state index contributed by atoms with van der Waals surface area (Å²) < 4.78 is 5.56. The second kappa shape index (κ2) is 5.88. The Bertz CT molecular complexity index is 448. The highest BCUT2D eigenvalue weighted by Crippen LogP contribution is 2.28. The van der Waals surface area contributed by atoms with Crippen molar-refractivity contribution in [2.75, 3.05) is 25.1 Å². The first-order chi connectivity index (χ1) is 9.06. The molecular formula is C15H24N2O2. The van der Waals surface area contributed by atoms with Gasteiger partial charge in [-0.25, -0.2) is 4.98 Å². The van der Waals surface area contributed by atoms with Crippen molar-refractivity contribution in [3.05, 3.63) is 22.9 Å². The van der Waals surface area contributed by atoms with E-state index in [0.29, 0.717) is 5.92 Å². The molecule has 1 N–H and O–H groups in total. The fourth-order valence-corrected chi connectivity index (χ4v) is 2.83. The summed E-state index contributed by atoms with van der Waals surface area (Å²) in [5, 5.41) is 9.60. The smallest absolute Gasteiger partial charge is 0.134 e. The molecule has 0 bridgehead atoms. The van der Waals surface area contributed by atoms with Crippen LogP contribution < -0.4 is 4.90 Å². The molecule has 4 nitrogen and oxygen atoms in total. The number of rotatable bonds is 3. The van der Waals surface area contributed by atoms with Crippen LogP contribution in [0, 0.1) is 19.8 Å². The summed E-state index contributed by atoms with van der Waals surface area (Å²) in [4.78, 5) is 6.88. The van der Waals surface area contributed by atoms with E-state index in [1.165, 1.54) is 0 Å². The number of methoxy groups -OCH3 is 1. The average molecular weight is 264 g/mol. The van der Waals surface area contributed by atoms with E-state index in [2.05, 4.69) is 16.8 Å². The Morgan fingerprint density at radius 1 is 1.47 bits per heavy atom. The molecule has 1 aliphatic rings. The number of nitrogens with zero attached hydrogens (tertiary/aromatic N) is 2. The minimum Gasteiger partial charge on any atom is -0.392 e. The number of aromatic nitrogens is 1. The number of piperidine rings is 1. The molecule has 1 aromatic rings. The predicted molar refractivity (Wildman–Crippen MR) is 76.4 cm³/mol. The highest BCUT2D eigenvalue weighted by molar-refractivity contribution is 5.51. The Kier molecular flexibility index (Phi) is 4.42. The molecule has 2 atom stereocenters. The first-order valence-corrected chi connectivity index (χ1v) is 6.92. The van der Waals surface area contributed by atoms with Gasteiger partial charge in [-0.3, -0.25) is 0 Å². The molecule has 0 saturated carbocycles. The highest BCUT2D eigenvalue weighted by atomic mass is 16.5. The van der Waals surface area contributed by atoms with Crippen LogP contribution in [-0.4, -0.2) is 36.4 Å². The van der Waals surface area contributed by atoms with Gasteiger partial charge in [-0.05, 0) is 37.8 Å². The van der Waals surface area contributed by atoms with Crippen LogP contribution in [0.2, 0.25) is 0 Å². The van der Waals surface area contributed by atoms with Crippen molar-refractivity contribution in [1.29, 1.82) is 0 Å². The zero-order valence-corrected chi connectivity index (χ0v) is 12.3. The average Bonchev–Trinajstić information content (AvgIpc) is 2.38. The highest BCUT2D eigenvalue weighted by Gasteiger charge is 2.28. The summed E-state index contributed by atoms with van der Waals surface area (Å²) in [7, 11) is 1.77. The predicted octanol–water partition coefficient (Wildman–Crippen LogP) is 2.05. The van der Waals surface area contributed by atoms with Crippen molar-refractivity contribution in [1.82, 2.24) is 4.98 Å². The van der Waals surface area contributed by atoms with Crippen LogP contribution in [0.4, 0.5) is 5.82 Å². The second-order valence-corrected chi connectivity index (χ2v) is 5.53. The number of hydrogen-bond donors (Lipinski definition) is 1. The quantitative estimate of drug-likeness (QED) is 0.907. The van der Waals surface area contributed by atoms with Crippen molar-refractivity contribution in [2.24, 2.45) is 5.92 Å². The fourth-order valence-electron chi connectivity index (χ4n) is 2.83. The van der Waals surface area contributed by atoms with Gasteiger partial charge >= 0.3 is 0 Å². The number of aliphatic hydroxyl groups excluding tert-OH is 1. The summed E-state index contributed by atoms with van der Waals surface area (Å²) in [5.41, 5.74) is 3.05. The SMILES string of the molecule is COC1CN(c2nc(C)cc(C)c2CO)CCC1C. The molecule has 0 amide bonds. The lowest BCUT2D eigenvalue weighted by Crippen LogP contribution is -2.44. The van der Waals surface area contributed by atoms with Crippen molar-refractivity contribution in [3.8, 4) is 0 Å². The van der Waals surface area contributed by atoms with Crippen LogP contribution in [0.1, 0.15) is 30.2 Å². The molecule has 1 aromatic heterocycles. The molecular weight excluding hydrogens is 240 g/mol. The maximum Gasteiger partial charge on any atom is 0.134 e. The van der Waals surface area contributed by atoms with E-state index in [-0.39, 0.29) is 12.7 Å². The van der Waals surface area contributed by atoms with E-state index in [1.807, 2.05) is 19.9 Å². The second-order valence-electron chi connectivity index (χ2n) is 5.53. The van der Waals surface area contributed by atoms with Gasteiger partial charge < -0.3 is 14.7 Å². The third-order valence-electron chi connectivity index (χ3n) is 4.10. The topological polar surface area (TPSA) is 45.6 Å². The van der Waals surface area contributed by atoms with Crippen LogP contribution in [0.3, 0.4) is 0 Å². The Labute approximate surface area is 115 Å². The van der Waals surface area contributed by atoms with Crippen LogP contribution in [0.15, 0.2) is 6.07 Å². The molecule has 1 fully saturated rings. The van der Waals surface area contributed by atoms with Gasteiger partial charge in [0.05, 0.1) is 12.7 Å². The van der Waals surface area contributed by atoms with Crippen LogP contribution >= 0.6 is 0 Å². The molecule has 2 unspecified atom stereocenters. The van der Waals surface area contributed by atoms with Gasteiger partial charge in [0.15, 0.2) is 0 Å². The lowest BCUT2D eigenvalue weighted by atomic mass is 9.95. The zero-order chi connectivity index (χ0) is 14.0. The van der Waals surface area contributed by atoms with Gasteiger partial charge in [0, 0.05) is 31.5 Å². The van der Waals surface area contributed by atoms with Crippen LogP contribution in [0.5, 0.6) is 0 Å². The number of aliphatic hydroxyl groups is 1. The van der Waals surface area contributed by atoms with E-state index in [1.54, 1.807) is 7.11 Å². The largest absolute Gasteiger partial charge is 0.392 e. The van der Waals surface area contributed by atoms with Gasteiger partial charge in [0.1, 0.15) is 5.82 Å². The van der Waals surface area contributed by atoms with E-state index in [9.17, 15) is 5.11 Å². The molecule has 106 valence electrons. The Balaban J connectivity index is 2.31. The molecule has 2 heterocycles. The first kappa shape index (κ1) is 14.3. The molecule has 0 radical (unpaired) electrons. The molecule has 4 heteroatoms. The van der Waals surface area contributed by atoms with Gasteiger partial charge in [-0.15, -0.1) is 0 Å². The maximum absolute atomic E-state index is 9.60. The van der Waals surface area contributed by atoms with Gasteiger partial charge in [0.2, 0.25) is 0 Å². The Morgan fingerprint density at radius 3 is 2.84 bits per heavy atom. The number of aryl methyl sites for hydroxylation is 2. The lowest BCUT2D eigenvalue weighted by Gasteiger charge is -2.38. The number of anilines is 1. The molecule has 0 spiro atoms. The minimum atomic E-state index is 0.0398. The Hall–Kier alpha value is -1.13. The van der Waals surface area contributed by atoms with Crippen LogP contribution in [-0.2, 0) is 11.3 Å². The van der Waals surface area contributed by atoms with Gasteiger partial charge in [-0.2, -0.15) is 0 Å². The summed E-state index contributed by atoms with van der Waals surface area (Å²) in [5.74, 6) is 1.50. The molecule has 0 aliphatic carbocycles. The zero-order valence-electron chi connectivity index (χ0n) is 12.3. The number of hydrogen-bond acceptors (Lipinski definition) is 4. The molecule has 1 aliphatic heterocycles. The van der Waals surface area contributed by atoms with Crippen molar-refractivity contribution in [2.45, 2.75) is 39.9 Å². The normalized spacial score (nSPS) is 23.7. The van der Waals surface area contributed by atoms with Crippen LogP contribution in [0.25, 0.3) is 0 Å². The van der Waals surface area contributed by atoms with E-state index >= 15 is 0 Å². The lowest BCUT2D eigenvalue weighted by molar-refractivity contribution is 0.0495. The van der Waals surface area contributed by atoms with Crippen molar-refractivity contribution < 1.29 is 9.84 Å². The standard InChI is InChI=1S/C15H24N2O2/c1-10-5-6-17(8-14(10)19-4)15-13(9-18)11(2)7-12(3)16-15/h7,10,14,18H,5-6,8-9H2,1-4H3. The monoisotopic (exact) mass is 264 g/mol. The van der Waals surface area contributed by atoms with Crippen molar-refractivity contribution in [3.63, 3.8) is 0 Å². The summed E-state index contributed by atoms with van der Waals surface area (Å²) in [6, 6.07) is 2.02. The first-order valence-electron chi connectivity index (χ1n) is 6.92. The van der Waals surface area contributed by atoms with E-state index < -0.39 is 0 Å². The molecule has 2 rings (SSSR count). The molecule has 1 saturated heterocycles. The minimum absolute atomic E-state index is 0.0398. The summed E-state index contributed by atoms with van der Waals surface area (Å²) in [6.07, 6.45) is 1.33. The third kappa shape index (κ3) is 2.90. The molecule has 0 aromatic carbocycles.